The summed E-state index contributed by atoms with van der Waals surface area (Å²) in [6, 6.07) is 0. The highest BCUT2D eigenvalue weighted by Gasteiger charge is 2.31. The molecule has 12 heavy (non-hydrogen) atoms. The summed E-state index contributed by atoms with van der Waals surface area (Å²) >= 11 is 0. The number of hydrogen-bond acceptors (Lipinski definition) is 4. The quantitative estimate of drug-likeness (QED) is 0.460. The van der Waals surface area contributed by atoms with E-state index in [2.05, 4.69) is 0 Å². The van der Waals surface area contributed by atoms with Crippen molar-refractivity contribution < 1.29 is 14.4 Å². The highest BCUT2D eigenvalue weighted by Crippen LogP contribution is 2.22. The van der Waals surface area contributed by atoms with E-state index in [1.165, 1.54) is 6.08 Å². The first-order valence-corrected chi connectivity index (χ1v) is 3.63. The van der Waals surface area contributed by atoms with Crippen molar-refractivity contribution in [2.24, 2.45) is 0 Å². The summed E-state index contributed by atoms with van der Waals surface area (Å²) in [5.74, 6) is -0.619. The molecule has 0 spiro atoms. The molecular weight excluding hydrogens is 162 g/mol. The van der Waals surface area contributed by atoms with Crippen molar-refractivity contribution in [3.63, 3.8) is 0 Å². The molecule has 0 aromatic rings. The van der Waals surface area contributed by atoms with Crippen molar-refractivity contribution in [2.75, 3.05) is 6.61 Å². The third-order valence-electron chi connectivity index (χ3n) is 1.45. The van der Waals surface area contributed by atoms with Crippen LogP contribution in [0.25, 0.3) is 0 Å². The monoisotopic (exact) mass is 173 g/mol. The second-order valence-corrected chi connectivity index (χ2v) is 2.99. The van der Waals surface area contributed by atoms with Crippen LogP contribution in [0.2, 0.25) is 0 Å². The van der Waals surface area contributed by atoms with E-state index in [-0.39, 0.29) is 6.10 Å². The first-order valence-electron chi connectivity index (χ1n) is 3.63. The molecule has 5 heteroatoms. The number of nitrogens with zero attached hydrogens (tertiary/aromatic N) is 1. The van der Waals surface area contributed by atoms with E-state index in [0.29, 0.717) is 6.61 Å². The van der Waals surface area contributed by atoms with Gasteiger partial charge in [0.05, 0.1) is 11.5 Å². The molecule has 0 aliphatic carbocycles. The van der Waals surface area contributed by atoms with Crippen LogP contribution in [0.15, 0.2) is 12.3 Å². The lowest BCUT2D eigenvalue weighted by Crippen LogP contribution is -2.20. The van der Waals surface area contributed by atoms with Gasteiger partial charge < -0.3 is 9.47 Å². The number of nitro groups is 1. The topological polar surface area (TPSA) is 61.6 Å². The highest BCUT2D eigenvalue weighted by molar-refractivity contribution is 4.88. The fourth-order valence-corrected chi connectivity index (χ4v) is 0.977. The first-order chi connectivity index (χ1) is 5.49. The summed E-state index contributed by atoms with van der Waals surface area (Å²) < 4.78 is 10.5. The van der Waals surface area contributed by atoms with Gasteiger partial charge in [0, 0.05) is 6.08 Å². The molecule has 0 radical (unpaired) electrons. The van der Waals surface area contributed by atoms with Gasteiger partial charge in [0.15, 0.2) is 5.79 Å². The fourth-order valence-electron chi connectivity index (χ4n) is 0.977. The molecule has 0 N–H and O–H groups in total. The minimum atomic E-state index is -0.619. The van der Waals surface area contributed by atoms with Crippen molar-refractivity contribution >= 4 is 0 Å². The molecule has 0 aromatic heterocycles. The van der Waals surface area contributed by atoms with Gasteiger partial charge in [-0.2, -0.15) is 0 Å². The molecule has 1 aliphatic rings. The van der Waals surface area contributed by atoms with Crippen LogP contribution in [0.5, 0.6) is 0 Å². The lowest BCUT2D eigenvalue weighted by Gasteiger charge is -2.15. The van der Waals surface area contributed by atoms with Gasteiger partial charge in [0.25, 0.3) is 0 Å². The molecule has 1 fully saturated rings. The summed E-state index contributed by atoms with van der Waals surface area (Å²) in [4.78, 5) is 9.42. The molecule has 1 aliphatic heterocycles. The van der Waals surface area contributed by atoms with E-state index in [1.807, 2.05) is 0 Å². The van der Waals surface area contributed by atoms with Crippen LogP contribution in [0.3, 0.4) is 0 Å². The molecular formula is C7H11NO4. The lowest BCUT2D eigenvalue weighted by molar-refractivity contribution is -0.403. The van der Waals surface area contributed by atoms with Crippen molar-refractivity contribution in [1.29, 1.82) is 0 Å². The van der Waals surface area contributed by atoms with Gasteiger partial charge >= 0.3 is 0 Å². The van der Waals surface area contributed by atoms with E-state index in [0.717, 1.165) is 6.20 Å². The van der Waals surface area contributed by atoms with Crippen molar-refractivity contribution in [1.82, 2.24) is 0 Å². The molecule has 1 atom stereocenters. The SMILES string of the molecule is CC1(C)OC[C@H](/C=C\[N+](=O)[O-])O1. The zero-order valence-corrected chi connectivity index (χ0v) is 7.02. The molecule has 1 saturated heterocycles. The van der Waals surface area contributed by atoms with E-state index >= 15 is 0 Å². The van der Waals surface area contributed by atoms with Gasteiger partial charge in [-0.1, -0.05) is 0 Å². The van der Waals surface area contributed by atoms with Crippen LogP contribution in [0.4, 0.5) is 0 Å². The van der Waals surface area contributed by atoms with Gasteiger partial charge in [0.2, 0.25) is 6.20 Å². The Morgan fingerprint density at radius 3 is 2.75 bits per heavy atom. The molecule has 1 heterocycles. The average molecular weight is 173 g/mol. The Bertz CT molecular complexity index is 211. The lowest BCUT2D eigenvalue weighted by atomic mass is 10.3. The van der Waals surface area contributed by atoms with Crippen LogP contribution in [0.1, 0.15) is 13.8 Å². The van der Waals surface area contributed by atoms with Gasteiger partial charge in [0.1, 0.15) is 6.10 Å². The summed E-state index contributed by atoms with van der Waals surface area (Å²) in [6.07, 6.45) is 1.95. The maximum absolute atomic E-state index is 9.94. The summed E-state index contributed by atoms with van der Waals surface area (Å²) in [6.45, 7) is 3.91. The second kappa shape index (κ2) is 3.20. The highest BCUT2D eigenvalue weighted by atomic mass is 16.7. The standard InChI is InChI=1S/C7H11NO4/c1-7(2)11-5-6(12-7)3-4-8(9)10/h3-4,6H,5H2,1-2H3/b4-3-/t6-/m0/s1. The van der Waals surface area contributed by atoms with Crippen molar-refractivity contribution in [3.05, 3.63) is 22.4 Å². The van der Waals surface area contributed by atoms with Crippen molar-refractivity contribution in [3.8, 4) is 0 Å². The molecule has 68 valence electrons. The van der Waals surface area contributed by atoms with Crippen LogP contribution < -0.4 is 0 Å². The van der Waals surface area contributed by atoms with Crippen LogP contribution in [-0.4, -0.2) is 23.4 Å². The maximum Gasteiger partial charge on any atom is 0.233 e. The number of rotatable bonds is 2. The minimum absolute atomic E-state index is 0.301. The average Bonchev–Trinajstić information content (AvgIpc) is 2.26. The normalized spacial score (nSPS) is 28.0. The van der Waals surface area contributed by atoms with E-state index in [1.54, 1.807) is 13.8 Å². The Balaban J connectivity index is 2.43. The van der Waals surface area contributed by atoms with E-state index in [9.17, 15) is 10.1 Å². The van der Waals surface area contributed by atoms with Gasteiger partial charge in [-0.05, 0) is 13.8 Å². The maximum atomic E-state index is 9.94. The molecule has 1 rings (SSSR count). The van der Waals surface area contributed by atoms with E-state index < -0.39 is 10.7 Å². The Kier molecular flexibility index (Phi) is 2.44. The Hall–Kier alpha value is -0.940. The second-order valence-electron chi connectivity index (χ2n) is 2.99. The third-order valence-corrected chi connectivity index (χ3v) is 1.45. The van der Waals surface area contributed by atoms with Crippen LogP contribution >= 0.6 is 0 Å². The summed E-state index contributed by atoms with van der Waals surface area (Å²) in [7, 11) is 0. The third kappa shape index (κ3) is 2.60. The predicted molar refractivity (Wildman–Crippen MR) is 41.0 cm³/mol. The summed E-state index contributed by atoms with van der Waals surface area (Å²) in [5.41, 5.74) is 0. The zero-order chi connectivity index (χ0) is 9.19. The van der Waals surface area contributed by atoms with Gasteiger partial charge in [-0.3, -0.25) is 10.1 Å². The first kappa shape index (κ1) is 9.15. The van der Waals surface area contributed by atoms with Crippen LogP contribution in [0, 0.1) is 10.1 Å². The Morgan fingerprint density at radius 2 is 2.33 bits per heavy atom. The molecule has 0 amide bonds. The summed E-state index contributed by atoms with van der Waals surface area (Å²) in [5, 5.41) is 9.94. The number of ether oxygens (including phenoxy) is 2. The Labute approximate surface area is 70.1 Å². The van der Waals surface area contributed by atoms with Gasteiger partial charge in [-0.15, -0.1) is 0 Å². The molecule has 5 nitrogen and oxygen atoms in total. The fraction of sp³-hybridized carbons (Fsp3) is 0.714. The minimum Gasteiger partial charge on any atom is -0.347 e. The Morgan fingerprint density at radius 1 is 1.67 bits per heavy atom. The van der Waals surface area contributed by atoms with E-state index in [4.69, 9.17) is 9.47 Å². The van der Waals surface area contributed by atoms with Gasteiger partial charge in [-0.25, -0.2) is 0 Å². The molecule has 0 saturated carbocycles. The molecule has 0 aromatic carbocycles. The largest absolute Gasteiger partial charge is 0.347 e. The van der Waals surface area contributed by atoms with Crippen LogP contribution in [-0.2, 0) is 9.47 Å². The molecule has 0 unspecified atom stereocenters. The molecule has 0 bridgehead atoms. The van der Waals surface area contributed by atoms with Crippen molar-refractivity contribution in [2.45, 2.75) is 25.7 Å². The smallest absolute Gasteiger partial charge is 0.233 e. The zero-order valence-electron chi connectivity index (χ0n) is 7.02. The predicted octanol–water partition coefficient (Wildman–Crippen LogP) is 0.928. The number of hydrogen-bond donors (Lipinski definition) is 0.